The van der Waals surface area contributed by atoms with Crippen LogP contribution in [-0.4, -0.2) is 48.7 Å². The van der Waals surface area contributed by atoms with E-state index >= 15 is 0 Å². The molecule has 0 radical (unpaired) electrons. The molecule has 5 heteroatoms. The van der Waals surface area contributed by atoms with Gasteiger partial charge < -0.3 is 20.5 Å². The van der Waals surface area contributed by atoms with Crippen molar-refractivity contribution in [2.75, 3.05) is 33.7 Å². The van der Waals surface area contributed by atoms with Crippen LogP contribution in [0.15, 0.2) is 60.8 Å². The highest BCUT2D eigenvalue weighted by molar-refractivity contribution is 7.80. The van der Waals surface area contributed by atoms with Gasteiger partial charge in [0.05, 0.1) is 0 Å². The molecule has 136 valence electrons. The van der Waals surface area contributed by atoms with E-state index in [9.17, 15) is 0 Å². The number of aromatic amines is 1. The lowest BCUT2D eigenvalue weighted by Gasteiger charge is -2.20. The molecule has 0 unspecified atom stereocenters. The standard InChI is InChI=1S/C21H26N4S/c1-25(2)13-12-22-21(26)24-14-18(16-8-4-3-5-9-16)19-15-23-20-11-7-6-10-17(19)20/h3-11,15,18,23H,12-14H2,1-2H3,(H2,22,24,26)/t18-/m1/s1. The van der Waals surface area contributed by atoms with E-state index in [1.54, 1.807) is 0 Å². The van der Waals surface area contributed by atoms with Crippen LogP contribution in [0.1, 0.15) is 17.0 Å². The molecular weight excluding hydrogens is 340 g/mol. The minimum Gasteiger partial charge on any atom is -0.362 e. The summed E-state index contributed by atoms with van der Waals surface area (Å²) in [6.45, 7) is 2.54. The fourth-order valence-corrected chi connectivity index (χ4v) is 3.31. The Labute approximate surface area is 160 Å². The second kappa shape index (κ2) is 8.83. The number of para-hydroxylation sites is 1. The Morgan fingerprint density at radius 3 is 2.54 bits per heavy atom. The van der Waals surface area contributed by atoms with Gasteiger partial charge in [0.15, 0.2) is 5.11 Å². The first-order valence-corrected chi connectivity index (χ1v) is 9.33. The number of nitrogens with zero attached hydrogens (tertiary/aromatic N) is 1. The molecule has 2 aromatic carbocycles. The number of aromatic nitrogens is 1. The zero-order valence-electron chi connectivity index (χ0n) is 15.3. The van der Waals surface area contributed by atoms with Crippen LogP contribution in [-0.2, 0) is 0 Å². The van der Waals surface area contributed by atoms with Crippen LogP contribution in [0.4, 0.5) is 0 Å². The van der Waals surface area contributed by atoms with Crippen LogP contribution in [0.25, 0.3) is 10.9 Å². The number of likely N-dealkylation sites (N-methyl/N-ethyl adjacent to an activating group) is 1. The van der Waals surface area contributed by atoms with E-state index in [0.717, 1.165) is 25.2 Å². The zero-order chi connectivity index (χ0) is 18.4. The highest BCUT2D eigenvalue weighted by Crippen LogP contribution is 2.30. The average Bonchev–Trinajstić information content (AvgIpc) is 3.07. The highest BCUT2D eigenvalue weighted by Gasteiger charge is 2.18. The Bertz CT molecular complexity index is 841. The van der Waals surface area contributed by atoms with Crippen molar-refractivity contribution in [3.63, 3.8) is 0 Å². The van der Waals surface area contributed by atoms with Crippen molar-refractivity contribution < 1.29 is 0 Å². The molecule has 3 rings (SSSR count). The molecule has 1 atom stereocenters. The number of fused-ring (bicyclic) bond motifs is 1. The highest BCUT2D eigenvalue weighted by atomic mass is 32.1. The van der Waals surface area contributed by atoms with E-state index in [1.807, 2.05) is 0 Å². The van der Waals surface area contributed by atoms with Gasteiger partial charge in [0.25, 0.3) is 0 Å². The van der Waals surface area contributed by atoms with Crippen LogP contribution in [0.5, 0.6) is 0 Å². The summed E-state index contributed by atoms with van der Waals surface area (Å²) < 4.78 is 0. The Balaban J connectivity index is 1.76. The maximum absolute atomic E-state index is 5.45. The molecule has 3 N–H and O–H groups in total. The summed E-state index contributed by atoms with van der Waals surface area (Å²) >= 11 is 5.45. The van der Waals surface area contributed by atoms with Gasteiger partial charge in [0, 0.05) is 42.7 Å². The molecule has 0 aliphatic rings. The third kappa shape index (κ3) is 4.62. The second-order valence-corrected chi connectivity index (χ2v) is 7.10. The summed E-state index contributed by atoms with van der Waals surface area (Å²) in [5.74, 6) is 0.223. The molecule has 0 saturated heterocycles. The molecule has 0 amide bonds. The quantitative estimate of drug-likeness (QED) is 0.561. The second-order valence-electron chi connectivity index (χ2n) is 6.69. The van der Waals surface area contributed by atoms with E-state index in [0.29, 0.717) is 5.11 Å². The average molecular weight is 367 g/mol. The molecule has 0 aliphatic heterocycles. The first kappa shape index (κ1) is 18.4. The van der Waals surface area contributed by atoms with Crippen LogP contribution < -0.4 is 10.6 Å². The monoisotopic (exact) mass is 366 g/mol. The van der Waals surface area contributed by atoms with Gasteiger partial charge in [-0.2, -0.15) is 0 Å². The maximum Gasteiger partial charge on any atom is 0.166 e. The number of hydrogen-bond donors (Lipinski definition) is 3. The van der Waals surface area contributed by atoms with Crippen LogP contribution in [0.3, 0.4) is 0 Å². The van der Waals surface area contributed by atoms with Crippen molar-refractivity contribution >= 4 is 28.2 Å². The minimum absolute atomic E-state index is 0.223. The zero-order valence-corrected chi connectivity index (χ0v) is 16.1. The summed E-state index contributed by atoms with van der Waals surface area (Å²) in [6, 6.07) is 19.0. The van der Waals surface area contributed by atoms with Crippen LogP contribution in [0.2, 0.25) is 0 Å². The van der Waals surface area contributed by atoms with E-state index in [1.165, 1.54) is 16.5 Å². The van der Waals surface area contributed by atoms with Crippen LogP contribution in [0, 0.1) is 0 Å². The third-order valence-electron chi connectivity index (χ3n) is 4.51. The fourth-order valence-electron chi connectivity index (χ4n) is 3.13. The SMILES string of the molecule is CN(C)CCNC(=S)NC[C@H](c1ccccc1)c1c[nH]c2ccccc12. The lowest BCUT2D eigenvalue weighted by molar-refractivity contribution is 0.412. The van der Waals surface area contributed by atoms with Gasteiger partial charge in [-0.3, -0.25) is 0 Å². The molecule has 0 aliphatic carbocycles. The first-order chi connectivity index (χ1) is 12.6. The van der Waals surface area contributed by atoms with Gasteiger partial charge in [0.1, 0.15) is 0 Å². The molecule has 4 nitrogen and oxygen atoms in total. The predicted molar refractivity (Wildman–Crippen MR) is 114 cm³/mol. The van der Waals surface area contributed by atoms with Gasteiger partial charge in [-0.25, -0.2) is 0 Å². The molecule has 0 saturated carbocycles. The molecule has 0 bridgehead atoms. The van der Waals surface area contributed by atoms with Gasteiger partial charge >= 0.3 is 0 Å². The molecule has 0 fully saturated rings. The Morgan fingerprint density at radius 1 is 1.04 bits per heavy atom. The van der Waals surface area contributed by atoms with Crippen molar-refractivity contribution in [1.29, 1.82) is 0 Å². The third-order valence-corrected chi connectivity index (χ3v) is 4.80. The van der Waals surface area contributed by atoms with Gasteiger partial charge in [-0.05, 0) is 43.5 Å². The normalized spacial score (nSPS) is 12.3. The van der Waals surface area contributed by atoms with Crippen molar-refractivity contribution in [2.45, 2.75) is 5.92 Å². The molecule has 1 aromatic heterocycles. The topological polar surface area (TPSA) is 43.1 Å². The van der Waals surface area contributed by atoms with Gasteiger partial charge in [0.2, 0.25) is 0 Å². The lowest BCUT2D eigenvalue weighted by atomic mass is 9.91. The smallest absolute Gasteiger partial charge is 0.166 e. The molecular formula is C21H26N4S. The predicted octanol–water partition coefficient (Wildman–Crippen LogP) is 3.33. The van der Waals surface area contributed by atoms with Crippen molar-refractivity contribution in [1.82, 2.24) is 20.5 Å². The summed E-state index contributed by atoms with van der Waals surface area (Å²) in [5.41, 5.74) is 3.73. The minimum atomic E-state index is 0.223. The van der Waals surface area contributed by atoms with Crippen molar-refractivity contribution in [3.05, 3.63) is 71.9 Å². The van der Waals surface area contributed by atoms with E-state index in [2.05, 4.69) is 95.4 Å². The molecule has 26 heavy (non-hydrogen) atoms. The van der Waals surface area contributed by atoms with E-state index in [-0.39, 0.29) is 5.92 Å². The number of hydrogen-bond acceptors (Lipinski definition) is 2. The number of rotatable bonds is 7. The Kier molecular flexibility index (Phi) is 6.26. The Morgan fingerprint density at radius 2 is 1.77 bits per heavy atom. The molecule has 0 spiro atoms. The first-order valence-electron chi connectivity index (χ1n) is 8.92. The summed E-state index contributed by atoms with van der Waals surface area (Å²) in [7, 11) is 4.11. The van der Waals surface area contributed by atoms with Crippen molar-refractivity contribution in [3.8, 4) is 0 Å². The summed E-state index contributed by atoms with van der Waals surface area (Å²) in [6.07, 6.45) is 2.12. The lowest BCUT2D eigenvalue weighted by Crippen LogP contribution is -2.40. The van der Waals surface area contributed by atoms with Gasteiger partial charge in [-0.15, -0.1) is 0 Å². The number of benzene rings is 2. The van der Waals surface area contributed by atoms with Gasteiger partial charge in [-0.1, -0.05) is 48.5 Å². The summed E-state index contributed by atoms with van der Waals surface area (Å²) in [5, 5.41) is 8.63. The largest absolute Gasteiger partial charge is 0.362 e. The maximum atomic E-state index is 5.45. The fraction of sp³-hybridized carbons (Fsp3) is 0.286. The van der Waals surface area contributed by atoms with E-state index < -0.39 is 0 Å². The summed E-state index contributed by atoms with van der Waals surface area (Å²) in [4.78, 5) is 5.52. The molecule has 3 aromatic rings. The van der Waals surface area contributed by atoms with E-state index in [4.69, 9.17) is 12.2 Å². The molecule has 1 heterocycles. The number of thiocarbonyl (C=S) groups is 1. The number of nitrogens with one attached hydrogen (secondary N) is 3. The van der Waals surface area contributed by atoms with Crippen LogP contribution >= 0.6 is 12.2 Å². The van der Waals surface area contributed by atoms with Crippen molar-refractivity contribution in [2.24, 2.45) is 0 Å². The Hall–Kier alpha value is -2.37. The number of H-pyrrole nitrogens is 1.